The molecule has 0 unspecified atom stereocenters. The molecule has 0 saturated carbocycles. The summed E-state index contributed by atoms with van der Waals surface area (Å²) >= 11 is 0. The third kappa shape index (κ3) is 7.25. The van der Waals surface area contributed by atoms with Crippen molar-refractivity contribution in [3.63, 3.8) is 0 Å². The topological polar surface area (TPSA) is 134 Å². The Kier molecular flexibility index (Phi) is 9.11. The quantitative estimate of drug-likeness (QED) is 0.178. The highest BCUT2D eigenvalue weighted by Gasteiger charge is 2.19. The summed E-state index contributed by atoms with van der Waals surface area (Å²) in [5.74, 6) is 0.298. The second-order valence-electron chi connectivity index (χ2n) is 9.91. The van der Waals surface area contributed by atoms with Crippen LogP contribution in [0.2, 0.25) is 0 Å². The van der Waals surface area contributed by atoms with E-state index in [-0.39, 0.29) is 37.5 Å². The van der Waals surface area contributed by atoms with E-state index in [0.29, 0.717) is 47.1 Å². The standard InChI is InChI=1S/C32H33N5O6/c1-21-6-3-4-7-24(21)33-13-14-34-25-11-9-22(18-26(25)36-31(39)28-8-5-17-41-28)30(38)35-15-16-37(2)32(40)23-10-12-27-29(19-23)43-20-42-27/h3-12,17-19,33-34H,13-16,20H2,1-2H3,(H,35,38)(H,36,39). The lowest BCUT2D eigenvalue weighted by Crippen LogP contribution is -2.36. The number of carbonyl (C=O) groups excluding carboxylic acids is 3. The number of nitrogens with one attached hydrogen (secondary N) is 4. The number of fused-ring (bicyclic) bond motifs is 1. The highest BCUT2D eigenvalue weighted by molar-refractivity contribution is 6.05. The number of hydrogen-bond donors (Lipinski definition) is 4. The van der Waals surface area contributed by atoms with Crippen molar-refractivity contribution in [2.24, 2.45) is 0 Å². The molecule has 2 heterocycles. The van der Waals surface area contributed by atoms with E-state index < -0.39 is 5.91 Å². The number of para-hydroxylation sites is 1. The molecule has 222 valence electrons. The largest absolute Gasteiger partial charge is 0.459 e. The molecule has 4 N–H and O–H groups in total. The van der Waals surface area contributed by atoms with E-state index in [1.54, 1.807) is 55.6 Å². The third-order valence-electron chi connectivity index (χ3n) is 6.87. The van der Waals surface area contributed by atoms with Gasteiger partial charge in [0.15, 0.2) is 17.3 Å². The first-order valence-electron chi connectivity index (χ1n) is 13.8. The molecule has 0 saturated heterocycles. The van der Waals surface area contributed by atoms with Gasteiger partial charge in [-0.25, -0.2) is 0 Å². The van der Waals surface area contributed by atoms with Crippen LogP contribution < -0.4 is 30.7 Å². The average Bonchev–Trinajstić information content (AvgIpc) is 3.73. The van der Waals surface area contributed by atoms with Crippen LogP contribution in [0.4, 0.5) is 17.1 Å². The van der Waals surface area contributed by atoms with E-state index in [2.05, 4.69) is 21.3 Å². The van der Waals surface area contributed by atoms with E-state index >= 15 is 0 Å². The maximum absolute atomic E-state index is 13.0. The molecule has 0 spiro atoms. The zero-order chi connectivity index (χ0) is 30.2. The molecule has 0 aliphatic carbocycles. The summed E-state index contributed by atoms with van der Waals surface area (Å²) in [5.41, 5.74) is 4.09. The smallest absolute Gasteiger partial charge is 0.291 e. The lowest BCUT2D eigenvalue weighted by molar-refractivity contribution is 0.0786. The monoisotopic (exact) mass is 583 g/mol. The number of nitrogens with zero attached hydrogens (tertiary/aromatic N) is 1. The van der Waals surface area contributed by atoms with Gasteiger partial charge in [-0.2, -0.15) is 0 Å². The summed E-state index contributed by atoms with van der Waals surface area (Å²) in [6.45, 7) is 3.88. The fraction of sp³-hybridized carbons (Fsp3) is 0.219. The second-order valence-corrected chi connectivity index (χ2v) is 9.91. The van der Waals surface area contributed by atoms with Crippen molar-refractivity contribution < 1.29 is 28.3 Å². The van der Waals surface area contributed by atoms with Crippen molar-refractivity contribution in [1.82, 2.24) is 10.2 Å². The van der Waals surface area contributed by atoms with Gasteiger partial charge in [0.05, 0.1) is 17.6 Å². The molecule has 1 aliphatic heterocycles. The Labute approximate surface area is 249 Å². The predicted molar refractivity (Wildman–Crippen MR) is 163 cm³/mol. The molecular weight excluding hydrogens is 550 g/mol. The van der Waals surface area contributed by atoms with Gasteiger partial charge in [0.1, 0.15) is 0 Å². The summed E-state index contributed by atoms with van der Waals surface area (Å²) in [6, 6.07) is 21.3. The summed E-state index contributed by atoms with van der Waals surface area (Å²) in [4.78, 5) is 40.1. The van der Waals surface area contributed by atoms with Crippen LogP contribution in [-0.4, -0.2) is 62.6 Å². The Balaban J connectivity index is 1.19. The fourth-order valence-electron chi connectivity index (χ4n) is 4.49. The summed E-state index contributed by atoms with van der Waals surface area (Å²) in [6.07, 6.45) is 1.42. The van der Waals surface area contributed by atoms with Gasteiger partial charge in [0, 0.05) is 50.0 Å². The first-order chi connectivity index (χ1) is 20.9. The van der Waals surface area contributed by atoms with Crippen molar-refractivity contribution in [2.75, 3.05) is 56.0 Å². The van der Waals surface area contributed by atoms with Crippen LogP contribution in [0.25, 0.3) is 0 Å². The Bertz CT molecular complexity index is 1600. The number of carbonyl (C=O) groups is 3. The minimum absolute atomic E-state index is 0.130. The van der Waals surface area contributed by atoms with Crippen LogP contribution in [-0.2, 0) is 0 Å². The Morgan fingerprint density at radius 3 is 2.33 bits per heavy atom. The van der Waals surface area contributed by atoms with Crippen molar-refractivity contribution in [2.45, 2.75) is 6.92 Å². The number of hydrogen-bond acceptors (Lipinski definition) is 8. The van der Waals surface area contributed by atoms with Crippen LogP contribution in [0.3, 0.4) is 0 Å². The van der Waals surface area contributed by atoms with Gasteiger partial charge in [-0.1, -0.05) is 18.2 Å². The van der Waals surface area contributed by atoms with Gasteiger partial charge in [-0.15, -0.1) is 0 Å². The molecule has 43 heavy (non-hydrogen) atoms. The number of ether oxygens (including phenoxy) is 2. The van der Waals surface area contributed by atoms with Crippen LogP contribution >= 0.6 is 0 Å². The molecule has 1 aromatic heterocycles. The number of anilines is 3. The zero-order valence-electron chi connectivity index (χ0n) is 23.9. The maximum atomic E-state index is 13.0. The van der Waals surface area contributed by atoms with Crippen LogP contribution in [0.1, 0.15) is 36.8 Å². The Morgan fingerprint density at radius 1 is 0.767 bits per heavy atom. The van der Waals surface area contributed by atoms with Gasteiger partial charge in [0.25, 0.3) is 17.7 Å². The molecule has 5 rings (SSSR count). The van der Waals surface area contributed by atoms with E-state index in [0.717, 1.165) is 11.3 Å². The number of amides is 3. The highest BCUT2D eigenvalue weighted by atomic mass is 16.7. The molecular formula is C32H33N5O6. The molecule has 0 atom stereocenters. The Hall–Kier alpha value is -5.45. The third-order valence-corrected chi connectivity index (χ3v) is 6.87. The van der Waals surface area contributed by atoms with Gasteiger partial charge in [-0.3, -0.25) is 14.4 Å². The lowest BCUT2D eigenvalue weighted by Gasteiger charge is -2.18. The van der Waals surface area contributed by atoms with Gasteiger partial charge >= 0.3 is 0 Å². The number of furan rings is 1. The normalized spacial score (nSPS) is 11.5. The van der Waals surface area contributed by atoms with Crippen LogP contribution in [0, 0.1) is 6.92 Å². The maximum Gasteiger partial charge on any atom is 0.291 e. The molecule has 3 aromatic carbocycles. The number of benzene rings is 3. The molecule has 0 radical (unpaired) electrons. The first-order valence-corrected chi connectivity index (χ1v) is 13.8. The van der Waals surface area contributed by atoms with Gasteiger partial charge in [-0.05, 0) is 67.1 Å². The van der Waals surface area contributed by atoms with E-state index in [1.165, 1.54) is 11.2 Å². The number of likely N-dealkylation sites (N-methyl/N-ethyl adjacent to an activating group) is 1. The van der Waals surface area contributed by atoms with Gasteiger partial charge < -0.3 is 40.1 Å². The second kappa shape index (κ2) is 13.5. The molecule has 0 fully saturated rings. The molecule has 1 aliphatic rings. The van der Waals surface area contributed by atoms with E-state index in [4.69, 9.17) is 13.9 Å². The number of rotatable bonds is 12. The zero-order valence-corrected chi connectivity index (χ0v) is 23.9. The average molecular weight is 584 g/mol. The first kappa shape index (κ1) is 29.1. The summed E-state index contributed by atoms with van der Waals surface area (Å²) in [5, 5.41) is 12.4. The predicted octanol–water partition coefficient (Wildman–Crippen LogP) is 4.60. The minimum Gasteiger partial charge on any atom is -0.459 e. The Morgan fingerprint density at radius 2 is 1.53 bits per heavy atom. The summed E-state index contributed by atoms with van der Waals surface area (Å²) < 4.78 is 15.9. The molecule has 0 bridgehead atoms. The molecule has 3 amide bonds. The van der Waals surface area contributed by atoms with Crippen LogP contribution in [0.5, 0.6) is 11.5 Å². The van der Waals surface area contributed by atoms with Crippen molar-refractivity contribution in [1.29, 1.82) is 0 Å². The van der Waals surface area contributed by atoms with Crippen LogP contribution in [0.15, 0.2) is 83.5 Å². The minimum atomic E-state index is -0.438. The fourth-order valence-corrected chi connectivity index (χ4v) is 4.49. The summed E-state index contributed by atoms with van der Waals surface area (Å²) in [7, 11) is 1.66. The lowest BCUT2D eigenvalue weighted by atomic mass is 10.1. The highest BCUT2D eigenvalue weighted by Crippen LogP contribution is 2.32. The molecule has 11 heteroatoms. The van der Waals surface area contributed by atoms with Crippen molar-refractivity contribution >= 4 is 34.8 Å². The van der Waals surface area contributed by atoms with E-state index in [1.807, 2.05) is 31.2 Å². The van der Waals surface area contributed by atoms with Crippen molar-refractivity contribution in [3.8, 4) is 11.5 Å². The van der Waals surface area contributed by atoms with E-state index in [9.17, 15) is 14.4 Å². The van der Waals surface area contributed by atoms with Crippen molar-refractivity contribution in [3.05, 3.63) is 102 Å². The van der Waals surface area contributed by atoms with Gasteiger partial charge in [0.2, 0.25) is 6.79 Å². The number of aryl methyl sites for hydroxylation is 1. The SMILES string of the molecule is Cc1ccccc1NCCNc1ccc(C(=O)NCCN(C)C(=O)c2ccc3c(c2)OCO3)cc1NC(=O)c1ccco1. The molecule has 4 aromatic rings. The molecule has 11 nitrogen and oxygen atoms in total.